The highest BCUT2D eigenvalue weighted by atomic mass is 16.2. The summed E-state index contributed by atoms with van der Waals surface area (Å²) in [5.74, 6) is 0.0688. The quantitative estimate of drug-likeness (QED) is 0.849. The van der Waals surface area contributed by atoms with Crippen LogP contribution in [0.2, 0.25) is 0 Å². The van der Waals surface area contributed by atoms with Crippen LogP contribution in [0.15, 0.2) is 0 Å². The van der Waals surface area contributed by atoms with E-state index >= 15 is 0 Å². The van der Waals surface area contributed by atoms with Crippen molar-refractivity contribution in [2.24, 2.45) is 17.1 Å². The van der Waals surface area contributed by atoms with Crippen LogP contribution >= 0.6 is 0 Å². The van der Waals surface area contributed by atoms with Gasteiger partial charge in [-0.1, -0.05) is 13.8 Å². The molecule has 1 atom stereocenters. The van der Waals surface area contributed by atoms with E-state index in [-0.39, 0.29) is 23.3 Å². The van der Waals surface area contributed by atoms with E-state index in [0.29, 0.717) is 19.6 Å². The zero-order chi connectivity index (χ0) is 17.0. The van der Waals surface area contributed by atoms with Gasteiger partial charge in [-0.2, -0.15) is 0 Å². The van der Waals surface area contributed by atoms with Crippen LogP contribution in [-0.4, -0.2) is 73.0 Å². The third kappa shape index (κ3) is 4.59. The minimum absolute atomic E-state index is 0.0751. The summed E-state index contributed by atoms with van der Waals surface area (Å²) < 4.78 is 0. The number of hydrogen-bond donors (Lipinski definition) is 1. The summed E-state index contributed by atoms with van der Waals surface area (Å²) in [5, 5.41) is 0. The lowest BCUT2D eigenvalue weighted by atomic mass is 9.91. The molecule has 0 radical (unpaired) electrons. The maximum Gasteiger partial charge on any atom is 0.320 e. The maximum atomic E-state index is 12.7. The molecule has 132 valence electrons. The van der Waals surface area contributed by atoms with Crippen LogP contribution in [0.5, 0.6) is 0 Å². The zero-order valence-corrected chi connectivity index (χ0v) is 14.9. The number of likely N-dealkylation sites (tertiary alicyclic amines) is 2. The highest BCUT2D eigenvalue weighted by molar-refractivity contribution is 5.81. The highest BCUT2D eigenvalue weighted by Crippen LogP contribution is 2.23. The van der Waals surface area contributed by atoms with E-state index in [1.165, 1.54) is 0 Å². The van der Waals surface area contributed by atoms with Gasteiger partial charge in [0.25, 0.3) is 0 Å². The molecule has 0 saturated carbocycles. The molecule has 0 aliphatic carbocycles. The molecule has 0 aromatic carbocycles. The van der Waals surface area contributed by atoms with Gasteiger partial charge in [0.05, 0.1) is 5.92 Å². The first-order chi connectivity index (χ1) is 10.8. The normalized spacial score (nSPS) is 22.3. The molecule has 1 unspecified atom stereocenters. The Morgan fingerprint density at radius 1 is 1.13 bits per heavy atom. The third-order valence-corrected chi connectivity index (χ3v) is 5.01. The Bertz CT molecular complexity index is 432. The Balaban J connectivity index is 1.91. The molecular weight excluding hydrogens is 292 g/mol. The molecule has 2 aliphatic heterocycles. The van der Waals surface area contributed by atoms with Crippen LogP contribution < -0.4 is 5.73 Å². The van der Waals surface area contributed by atoms with Gasteiger partial charge in [-0.15, -0.1) is 0 Å². The fourth-order valence-electron chi connectivity index (χ4n) is 3.56. The lowest BCUT2D eigenvalue weighted by molar-refractivity contribution is -0.136. The molecule has 0 aromatic rings. The molecule has 6 heteroatoms. The van der Waals surface area contributed by atoms with E-state index in [4.69, 9.17) is 5.73 Å². The van der Waals surface area contributed by atoms with E-state index < -0.39 is 0 Å². The monoisotopic (exact) mass is 324 g/mol. The molecule has 0 aromatic heterocycles. The largest absolute Gasteiger partial charge is 0.345 e. The number of rotatable bonds is 4. The van der Waals surface area contributed by atoms with E-state index in [1.54, 1.807) is 4.90 Å². The number of piperidine rings is 1. The number of amides is 3. The van der Waals surface area contributed by atoms with Crippen LogP contribution in [0.1, 0.15) is 39.5 Å². The van der Waals surface area contributed by atoms with E-state index in [9.17, 15) is 9.59 Å². The van der Waals surface area contributed by atoms with E-state index in [0.717, 1.165) is 45.3 Å². The number of carbonyl (C=O) groups is 2. The highest BCUT2D eigenvalue weighted by Gasteiger charge is 2.33. The number of carbonyl (C=O) groups excluding carboxylic acids is 2. The molecule has 2 saturated heterocycles. The van der Waals surface area contributed by atoms with Gasteiger partial charge in [0.1, 0.15) is 0 Å². The summed E-state index contributed by atoms with van der Waals surface area (Å²) in [6.07, 6.45) is 3.97. The summed E-state index contributed by atoms with van der Waals surface area (Å²) in [6, 6.07) is 0.116. The number of hydrogen-bond acceptors (Lipinski definition) is 3. The molecule has 2 fully saturated rings. The molecule has 3 amide bonds. The van der Waals surface area contributed by atoms with E-state index in [1.807, 2.05) is 16.8 Å². The molecule has 0 spiro atoms. The predicted molar refractivity (Wildman–Crippen MR) is 91.0 cm³/mol. The number of urea groups is 1. The molecule has 0 bridgehead atoms. The van der Waals surface area contributed by atoms with Gasteiger partial charge in [0, 0.05) is 39.8 Å². The average molecular weight is 324 g/mol. The van der Waals surface area contributed by atoms with Crippen molar-refractivity contribution in [3.63, 3.8) is 0 Å². The van der Waals surface area contributed by atoms with Crippen molar-refractivity contribution >= 4 is 11.9 Å². The Labute approximate surface area is 140 Å². The van der Waals surface area contributed by atoms with Crippen LogP contribution in [-0.2, 0) is 4.79 Å². The van der Waals surface area contributed by atoms with Gasteiger partial charge in [-0.05, 0) is 37.6 Å². The fraction of sp³-hybridized carbons (Fsp3) is 0.882. The molecule has 2 heterocycles. The van der Waals surface area contributed by atoms with Gasteiger partial charge >= 0.3 is 6.03 Å². The molecule has 2 rings (SSSR count). The van der Waals surface area contributed by atoms with Gasteiger partial charge < -0.3 is 20.4 Å². The second-order valence-electron chi connectivity index (χ2n) is 7.82. The Kier molecular flexibility index (Phi) is 5.89. The van der Waals surface area contributed by atoms with Crippen molar-refractivity contribution in [1.82, 2.24) is 14.7 Å². The maximum absolute atomic E-state index is 12.7. The van der Waals surface area contributed by atoms with Crippen molar-refractivity contribution in [2.75, 3.05) is 46.3 Å². The summed E-state index contributed by atoms with van der Waals surface area (Å²) in [4.78, 5) is 30.8. The summed E-state index contributed by atoms with van der Waals surface area (Å²) in [7, 11) is 1.85. The van der Waals surface area contributed by atoms with Gasteiger partial charge in [0.15, 0.2) is 0 Å². The van der Waals surface area contributed by atoms with Gasteiger partial charge in [0.2, 0.25) is 5.91 Å². The fourth-order valence-corrected chi connectivity index (χ4v) is 3.56. The Hall–Kier alpha value is -1.30. The first-order valence-corrected chi connectivity index (χ1v) is 8.83. The van der Waals surface area contributed by atoms with Crippen molar-refractivity contribution in [1.29, 1.82) is 0 Å². The first kappa shape index (κ1) is 18.0. The predicted octanol–water partition coefficient (Wildman–Crippen LogP) is 1.36. The smallest absolute Gasteiger partial charge is 0.320 e. The molecule has 6 nitrogen and oxygen atoms in total. The average Bonchev–Trinajstić information content (AvgIpc) is 3.07. The Morgan fingerprint density at radius 2 is 1.74 bits per heavy atom. The molecule has 23 heavy (non-hydrogen) atoms. The summed E-state index contributed by atoms with van der Waals surface area (Å²) in [6.45, 7) is 8.39. The van der Waals surface area contributed by atoms with Gasteiger partial charge in [-0.3, -0.25) is 4.79 Å². The second-order valence-corrected chi connectivity index (χ2v) is 7.82. The van der Waals surface area contributed by atoms with E-state index in [2.05, 4.69) is 13.8 Å². The Morgan fingerprint density at radius 3 is 2.35 bits per heavy atom. The lowest BCUT2D eigenvalue weighted by Crippen LogP contribution is -2.51. The number of nitrogens with two attached hydrogens (primary N) is 1. The SMILES string of the molecule is CN(CC(C)(C)CN)C(=O)C1CCCN(C(=O)N2CCCC2)C1. The first-order valence-electron chi connectivity index (χ1n) is 8.83. The van der Waals surface area contributed by atoms with Crippen LogP contribution in [0.25, 0.3) is 0 Å². The molecule has 2 N–H and O–H groups in total. The summed E-state index contributed by atoms with van der Waals surface area (Å²) >= 11 is 0. The molecular formula is C17H32N4O2. The zero-order valence-electron chi connectivity index (χ0n) is 14.9. The van der Waals surface area contributed by atoms with Gasteiger partial charge in [-0.25, -0.2) is 4.79 Å². The topological polar surface area (TPSA) is 69.9 Å². The van der Waals surface area contributed by atoms with Crippen molar-refractivity contribution < 1.29 is 9.59 Å². The standard InChI is InChI=1S/C17H32N4O2/c1-17(2,12-18)13-19(3)15(22)14-7-6-10-21(11-14)16(23)20-8-4-5-9-20/h14H,4-13,18H2,1-3H3. The molecule has 2 aliphatic rings. The summed E-state index contributed by atoms with van der Waals surface area (Å²) in [5.41, 5.74) is 5.69. The minimum Gasteiger partial charge on any atom is -0.345 e. The minimum atomic E-state index is -0.0792. The van der Waals surface area contributed by atoms with Crippen molar-refractivity contribution in [3.8, 4) is 0 Å². The second kappa shape index (κ2) is 7.51. The van der Waals surface area contributed by atoms with Crippen molar-refractivity contribution in [2.45, 2.75) is 39.5 Å². The van der Waals surface area contributed by atoms with Crippen LogP contribution in [0.3, 0.4) is 0 Å². The van der Waals surface area contributed by atoms with Crippen molar-refractivity contribution in [3.05, 3.63) is 0 Å². The lowest BCUT2D eigenvalue weighted by Gasteiger charge is -2.37. The number of nitrogens with zero attached hydrogens (tertiary/aromatic N) is 3. The third-order valence-electron chi connectivity index (χ3n) is 5.01. The van der Waals surface area contributed by atoms with Crippen LogP contribution in [0, 0.1) is 11.3 Å². The van der Waals surface area contributed by atoms with Crippen LogP contribution in [0.4, 0.5) is 4.79 Å².